The molecule has 0 radical (unpaired) electrons. The summed E-state index contributed by atoms with van der Waals surface area (Å²) in [6.07, 6.45) is 1.70. The zero-order chi connectivity index (χ0) is 14.9. The van der Waals surface area contributed by atoms with Crippen molar-refractivity contribution in [3.8, 4) is 0 Å². The number of carboxylic acid groups (broad SMARTS) is 1. The Kier molecular flexibility index (Phi) is 3.89. The van der Waals surface area contributed by atoms with E-state index >= 15 is 0 Å². The van der Waals surface area contributed by atoms with Gasteiger partial charge in [-0.3, -0.25) is 4.98 Å². The summed E-state index contributed by atoms with van der Waals surface area (Å²) < 4.78 is 2.49. The van der Waals surface area contributed by atoms with Gasteiger partial charge in [-0.1, -0.05) is 26.0 Å². The van der Waals surface area contributed by atoms with Gasteiger partial charge in [0.25, 0.3) is 0 Å². The molecular weight excluding hydrogens is 324 g/mol. The van der Waals surface area contributed by atoms with Crippen LogP contribution in [0.1, 0.15) is 42.6 Å². The second-order valence-corrected chi connectivity index (χ2v) is 6.38. The minimum Gasteiger partial charge on any atom is -0.476 e. The van der Waals surface area contributed by atoms with Crippen molar-refractivity contribution in [2.45, 2.75) is 32.7 Å². The van der Waals surface area contributed by atoms with Crippen molar-refractivity contribution in [1.82, 2.24) is 20.0 Å². The maximum absolute atomic E-state index is 11.2. The molecule has 1 N–H and O–H groups in total. The summed E-state index contributed by atoms with van der Waals surface area (Å²) in [4.78, 5) is 15.5. The van der Waals surface area contributed by atoms with E-state index < -0.39 is 5.97 Å². The van der Waals surface area contributed by atoms with Gasteiger partial charge in [0.2, 0.25) is 0 Å². The van der Waals surface area contributed by atoms with E-state index in [9.17, 15) is 9.90 Å². The van der Waals surface area contributed by atoms with E-state index in [0.717, 1.165) is 10.2 Å². The molecule has 2 heterocycles. The van der Waals surface area contributed by atoms with Crippen LogP contribution in [0.4, 0.5) is 0 Å². The molecule has 2 rings (SSSR count). The average Bonchev–Trinajstić information content (AvgIpc) is 2.76. The molecule has 0 aliphatic carbocycles. The molecule has 7 heteroatoms. The predicted octanol–water partition coefficient (Wildman–Crippen LogP) is 2.48. The number of halogens is 1. The molecule has 0 bridgehead atoms. The first-order valence-electron chi connectivity index (χ1n) is 6.06. The second-order valence-electron chi connectivity index (χ2n) is 5.47. The topological polar surface area (TPSA) is 80.9 Å². The second kappa shape index (κ2) is 5.32. The van der Waals surface area contributed by atoms with Crippen molar-refractivity contribution < 1.29 is 9.90 Å². The Hall–Kier alpha value is -1.76. The molecule has 0 unspecified atom stereocenters. The number of aromatic nitrogens is 4. The summed E-state index contributed by atoms with van der Waals surface area (Å²) >= 11 is 3.33. The largest absolute Gasteiger partial charge is 0.476 e. The van der Waals surface area contributed by atoms with E-state index in [2.05, 4.69) is 31.2 Å². The lowest BCUT2D eigenvalue weighted by Gasteiger charge is -2.20. The summed E-state index contributed by atoms with van der Waals surface area (Å²) in [5.41, 5.74) is 1.01. The minimum absolute atomic E-state index is 0.00499. The Labute approximate surface area is 125 Å². The van der Waals surface area contributed by atoms with Crippen LogP contribution in [0.5, 0.6) is 0 Å². The van der Waals surface area contributed by atoms with Crippen LogP contribution in [0, 0.1) is 0 Å². The van der Waals surface area contributed by atoms with E-state index in [1.807, 2.05) is 32.9 Å². The Balaban J connectivity index is 2.42. The molecule has 6 nitrogen and oxygen atoms in total. The molecule has 0 aliphatic heterocycles. The van der Waals surface area contributed by atoms with Crippen LogP contribution in [-0.4, -0.2) is 31.1 Å². The van der Waals surface area contributed by atoms with Crippen LogP contribution < -0.4 is 0 Å². The van der Waals surface area contributed by atoms with E-state index in [0.29, 0.717) is 12.2 Å². The van der Waals surface area contributed by atoms with Crippen LogP contribution >= 0.6 is 15.9 Å². The molecule has 0 spiro atoms. The fourth-order valence-electron chi connectivity index (χ4n) is 1.96. The molecule has 2 aromatic rings. The summed E-state index contributed by atoms with van der Waals surface area (Å²) in [5.74, 6) is -1.06. The third-order valence-corrected chi connectivity index (χ3v) is 3.22. The van der Waals surface area contributed by atoms with Crippen LogP contribution in [0.2, 0.25) is 0 Å². The Morgan fingerprint density at radius 2 is 2.10 bits per heavy atom. The molecule has 106 valence electrons. The molecule has 0 aromatic carbocycles. The third-order valence-electron chi connectivity index (χ3n) is 2.75. The predicted molar refractivity (Wildman–Crippen MR) is 76.7 cm³/mol. The lowest BCUT2D eigenvalue weighted by molar-refractivity contribution is 0.0687. The van der Waals surface area contributed by atoms with Gasteiger partial charge in [0.1, 0.15) is 0 Å². The first kappa shape index (κ1) is 14.6. The molecule has 0 amide bonds. The van der Waals surface area contributed by atoms with Gasteiger partial charge >= 0.3 is 5.97 Å². The number of carbonyl (C=O) groups is 1. The number of pyridine rings is 1. The van der Waals surface area contributed by atoms with Gasteiger partial charge < -0.3 is 5.11 Å². The number of nitrogens with zero attached hydrogens (tertiary/aromatic N) is 4. The van der Waals surface area contributed by atoms with E-state index in [1.165, 1.54) is 0 Å². The van der Waals surface area contributed by atoms with Crippen LogP contribution in [0.25, 0.3) is 0 Å². The maximum atomic E-state index is 11.2. The van der Waals surface area contributed by atoms with Crippen LogP contribution in [0.15, 0.2) is 22.8 Å². The molecule has 0 saturated heterocycles. The highest BCUT2D eigenvalue weighted by atomic mass is 79.9. The Morgan fingerprint density at radius 1 is 1.40 bits per heavy atom. The lowest BCUT2D eigenvalue weighted by Crippen LogP contribution is -2.22. The number of hydrogen-bond acceptors (Lipinski definition) is 4. The molecule has 0 aliphatic rings. The highest BCUT2D eigenvalue weighted by Gasteiger charge is 2.29. The van der Waals surface area contributed by atoms with Crippen LogP contribution in [0.3, 0.4) is 0 Å². The van der Waals surface area contributed by atoms with Crippen LogP contribution in [-0.2, 0) is 12.0 Å². The first-order valence-corrected chi connectivity index (χ1v) is 6.86. The fraction of sp³-hybridized carbons (Fsp3) is 0.385. The van der Waals surface area contributed by atoms with Crippen molar-refractivity contribution >= 4 is 21.9 Å². The van der Waals surface area contributed by atoms with Gasteiger partial charge in [0.15, 0.2) is 5.69 Å². The molecule has 0 saturated carbocycles. The maximum Gasteiger partial charge on any atom is 0.358 e. The molecule has 0 fully saturated rings. The number of aromatic carboxylic acids is 1. The Morgan fingerprint density at radius 3 is 2.60 bits per heavy atom. The summed E-state index contributed by atoms with van der Waals surface area (Å²) in [5, 5.41) is 16.9. The van der Waals surface area contributed by atoms with Gasteiger partial charge in [-0.05, 0) is 28.1 Å². The van der Waals surface area contributed by atoms with Crippen molar-refractivity contribution in [2.24, 2.45) is 0 Å². The van der Waals surface area contributed by atoms with Gasteiger partial charge in [0.05, 0.1) is 17.9 Å². The quantitative estimate of drug-likeness (QED) is 0.929. The summed E-state index contributed by atoms with van der Waals surface area (Å²) in [6, 6.07) is 3.74. The van der Waals surface area contributed by atoms with Crippen molar-refractivity contribution in [3.05, 3.63) is 39.9 Å². The smallest absolute Gasteiger partial charge is 0.358 e. The van der Waals surface area contributed by atoms with Gasteiger partial charge in [0, 0.05) is 16.1 Å². The zero-order valence-electron chi connectivity index (χ0n) is 11.5. The fourth-order valence-corrected chi connectivity index (χ4v) is 2.20. The van der Waals surface area contributed by atoms with Gasteiger partial charge in [-0.25, -0.2) is 9.48 Å². The first-order chi connectivity index (χ1) is 9.29. The highest BCUT2D eigenvalue weighted by molar-refractivity contribution is 9.10. The Bertz CT molecular complexity index is 629. The zero-order valence-corrected chi connectivity index (χ0v) is 13.0. The van der Waals surface area contributed by atoms with Crippen molar-refractivity contribution in [3.63, 3.8) is 0 Å². The standard InChI is InChI=1S/C13H15BrN4O2/c1-13(2,3)11-10(12(19)20)16-17-18(11)7-9-5-4-8(14)6-15-9/h4-6H,7H2,1-3H3,(H,19,20). The number of hydrogen-bond donors (Lipinski definition) is 1. The highest BCUT2D eigenvalue weighted by Crippen LogP contribution is 2.25. The minimum atomic E-state index is -1.06. The van der Waals surface area contributed by atoms with Gasteiger partial charge in [-0.2, -0.15) is 0 Å². The summed E-state index contributed by atoms with van der Waals surface area (Å²) in [7, 11) is 0. The molecule has 2 aromatic heterocycles. The lowest BCUT2D eigenvalue weighted by atomic mass is 9.90. The number of rotatable bonds is 3. The molecular formula is C13H15BrN4O2. The number of carboxylic acids is 1. The normalized spacial score (nSPS) is 11.6. The average molecular weight is 339 g/mol. The van der Waals surface area contributed by atoms with Crippen molar-refractivity contribution in [2.75, 3.05) is 0 Å². The monoisotopic (exact) mass is 338 g/mol. The molecule has 20 heavy (non-hydrogen) atoms. The van der Waals surface area contributed by atoms with E-state index in [-0.39, 0.29) is 11.1 Å². The van der Waals surface area contributed by atoms with Crippen molar-refractivity contribution in [1.29, 1.82) is 0 Å². The summed E-state index contributed by atoms with van der Waals surface area (Å²) in [6.45, 7) is 6.19. The molecule has 0 atom stereocenters. The third kappa shape index (κ3) is 3.04. The van der Waals surface area contributed by atoms with Gasteiger partial charge in [-0.15, -0.1) is 5.10 Å². The SMILES string of the molecule is CC(C)(C)c1c(C(=O)O)nnn1Cc1ccc(Br)cn1. The van der Waals surface area contributed by atoms with E-state index in [1.54, 1.807) is 10.9 Å². The van der Waals surface area contributed by atoms with E-state index in [4.69, 9.17) is 0 Å².